The molecule has 2 aromatic rings. The molecule has 1 N–H and O–H groups in total. The predicted molar refractivity (Wildman–Crippen MR) is 103 cm³/mol. The van der Waals surface area contributed by atoms with E-state index in [0.29, 0.717) is 11.4 Å². The van der Waals surface area contributed by atoms with Crippen LogP contribution in [0.3, 0.4) is 0 Å². The lowest BCUT2D eigenvalue weighted by Gasteiger charge is -2.25. The van der Waals surface area contributed by atoms with Gasteiger partial charge in [-0.2, -0.15) is 5.10 Å². The molecule has 1 aliphatic heterocycles. The number of anilines is 1. The van der Waals surface area contributed by atoms with Crippen molar-refractivity contribution in [2.45, 2.75) is 26.3 Å². The molecule has 0 radical (unpaired) electrons. The van der Waals surface area contributed by atoms with Crippen LogP contribution in [0.1, 0.15) is 39.8 Å². The van der Waals surface area contributed by atoms with Crippen LogP contribution in [0.25, 0.3) is 0 Å². The first-order chi connectivity index (χ1) is 13.2. The average Bonchev–Trinajstić information content (AvgIpc) is 3.11. The lowest BCUT2D eigenvalue weighted by Crippen LogP contribution is -2.30. The summed E-state index contributed by atoms with van der Waals surface area (Å²) in [7, 11) is 4.58. The van der Waals surface area contributed by atoms with Crippen molar-refractivity contribution in [2.75, 3.05) is 19.5 Å². The van der Waals surface area contributed by atoms with Gasteiger partial charge in [-0.05, 0) is 19.4 Å². The lowest BCUT2D eigenvalue weighted by atomic mass is 9.92. The smallest absolute Gasteiger partial charge is 0.358 e. The molecule has 1 fully saturated rings. The number of amides is 2. The first-order valence-electron chi connectivity index (χ1n) is 8.99. The number of carbonyl (C=O) groups is 3. The molecular weight excluding hydrogens is 360 g/mol. The molecule has 0 spiro atoms. The van der Waals surface area contributed by atoms with Crippen LogP contribution in [0.2, 0.25) is 0 Å². The van der Waals surface area contributed by atoms with Gasteiger partial charge in [-0.1, -0.05) is 29.8 Å². The fraction of sp³-hybridized carbons (Fsp3) is 0.400. The Kier molecular flexibility index (Phi) is 5.22. The number of nitrogens with one attached hydrogen (secondary N) is 1. The zero-order chi connectivity index (χ0) is 20.6. The first kappa shape index (κ1) is 19.6. The molecule has 8 nitrogen and oxygen atoms in total. The van der Waals surface area contributed by atoms with Gasteiger partial charge in [0, 0.05) is 20.5 Å². The number of carbonyl (C=O) groups excluding carboxylic acids is 3. The van der Waals surface area contributed by atoms with E-state index in [0.717, 1.165) is 11.1 Å². The van der Waals surface area contributed by atoms with Crippen LogP contribution in [0.5, 0.6) is 0 Å². The molecular formula is C20H24N4O4. The van der Waals surface area contributed by atoms with Crippen molar-refractivity contribution < 1.29 is 19.1 Å². The quantitative estimate of drug-likeness (QED) is 0.814. The fourth-order valence-corrected chi connectivity index (χ4v) is 3.68. The molecule has 2 unspecified atom stereocenters. The Balaban J connectivity index is 1.92. The second-order valence-corrected chi connectivity index (χ2v) is 7.08. The number of rotatable bonds is 4. The molecule has 1 aromatic carbocycles. The Hall–Kier alpha value is -3.16. The summed E-state index contributed by atoms with van der Waals surface area (Å²) in [6.45, 7) is 3.68. The highest BCUT2D eigenvalue weighted by Crippen LogP contribution is 2.38. The second-order valence-electron chi connectivity index (χ2n) is 7.08. The van der Waals surface area contributed by atoms with Crippen molar-refractivity contribution in [1.82, 2.24) is 14.7 Å². The van der Waals surface area contributed by atoms with E-state index in [9.17, 15) is 14.4 Å². The Morgan fingerprint density at radius 3 is 2.43 bits per heavy atom. The number of esters is 1. The van der Waals surface area contributed by atoms with Crippen molar-refractivity contribution in [3.8, 4) is 0 Å². The van der Waals surface area contributed by atoms with Gasteiger partial charge in [-0.3, -0.25) is 14.3 Å². The van der Waals surface area contributed by atoms with Crippen molar-refractivity contribution in [3.63, 3.8) is 0 Å². The number of hydrogen-bond acceptors (Lipinski definition) is 5. The molecule has 1 aromatic heterocycles. The maximum Gasteiger partial charge on any atom is 0.358 e. The van der Waals surface area contributed by atoms with Gasteiger partial charge in [-0.15, -0.1) is 0 Å². The zero-order valence-electron chi connectivity index (χ0n) is 16.6. The van der Waals surface area contributed by atoms with Gasteiger partial charge in [0.15, 0.2) is 5.69 Å². The van der Waals surface area contributed by atoms with Gasteiger partial charge in [0.25, 0.3) is 0 Å². The van der Waals surface area contributed by atoms with E-state index < -0.39 is 11.9 Å². The van der Waals surface area contributed by atoms with Crippen molar-refractivity contribution >= 4 is 23.5 Å². The minimum atomic E-state index is -0.590. The summed E-state index contributed by atoms with van der Waals surface area (Å²) >= 11 is 0. The summed E-state index contributed by atoms with van der Waals surface area (Å²) in [5, 5.41) is 7.01. The van der Waals surface area contributed by atoms with Crippen LogP contribution >= 0.6 is 0 Å². The van der Waals surface area contributed by atoms with Gasteiger partial charge in [0.05, 0.1) is 30.5 Å². The molecule has 2 heterocycles. The molecule has 0 saturated carbocycles. The standard InChI is InChI=1S/C20H24N4O4/c1-11-6-8-13(9-7-11)17-14(10-15(25)23(17)3)19(26)21-16-12(2)22-24(4)18(16)20(27)28-5/h6-9,14,17H,10H2,1-5H3,(H,21,26). The molecule has 8 heteroatoms. The SMILES string of the molecule is COC(=O)c1c(NC(=O)C2CC(=O)N(C)C2c2ccc(C)cc2)c(C)nn1C. The van der Waals surface area contributed by atoms with Gasteiger partial charge >= 0.3 is 5.97 Å². The number of hydrogen-bond donors (Lipinski definition) is 1. The zero-order valence-corrected chi connectivity index (χ0v) is 16.6. The van der Waals surface area contributed by atoms with Crippen LogP contribution in [0, 0.1) is 19.8 Å². The number of aromatic nitrogens is 2. The van der Waals surface area contributed by atoms with Crippen LogP contribution in [0.4, 0.5) is 5.69 Å². The highest BCUT2D eigenvalue weighted by molar-refractivity contribution is 6.03. The highest BCUT2D eigenvalue weighted by Gasteiger charge is 2.43. The minimum absolute atomic E-state index is 0.0955. The first-order valence-corrected chi connectivity index (χ1v) is 8.99. The fourth-order valence-electron chi connectivity index (χ4n) is 3.68. The van der Waals surface area contributed by atoms with E-state index in [1.807, 2.05) is 31.2 Å². The Labute approximate surface area is 163 Å². The summed E-state index contributed by atoms with van der Waals surface area (Å²) in [6, 6.07) is 7.42. The Morgan fingerprint density at radius 1 is 1.18 bits per heavy atom. The molecule has 0 aliphatic carbocycles. The summed E-state index contributed by atoms with van der Waals surface area (Å²) in [5.74, 6) is -1.59. The molecule has 28 heavy (non-hydrogen) atoms. The monoisotopic (exact) mass is 384 g/mol. The van der Waals surface area contributed by atoms with Gasteiger partial charge in [0.2, 0.25) is 11.8 Å². The second kappa shape index (κ2) is 7.46. The molecule has 148 valence electrons. The molecule has 2 amide bonds. The summed E-state index contributed by atoms with van der Waals surface area (Å²) < 4.78 is 6.18. The van der Waals surface area contributed by atoms with Crippen molar-refractivity contribution in [1.29, 1.82) is 0 Å². The topological polar surface area (TPSA) is 93.5 Å². The number of methoxy groups -OCH3 is 1. The number of benzene rings is 1. The van der Waals surface area contributed by atoms with E-state index in [1.54, 1.807) is 25.9 Å². The number of nitrogens with zero attached hydrogens (tertiary/aromatic N) is 3. The lowest BCUT2D eigenvalue weighted by molar-refractivity contribution is -0.128. The van der Waals surface area contributed by atoms with Crippen molar-refractivity contribution in [3.05, 3.63) is 46.8 Å². The number of aryl methyl sites for hydroxylation is 3. The van der Waals surface area contributed by atoms with Gasteiger partial charge < -0.3 is 15.0 Å². The predicted octanol–water partition coefficient (Wildman–Crippen LogP) is 1.98. The molecule has 2 atom stereocenters. The van der Waals surface area contributed by atoms with Crippen LogP contribution in [-0.4, -0.2) is 46.6 Å². The number of ether oxygens (including phenoxy) is 1. The van der Waals surface area contributed by atoms with Crippen molar-refractivity contribution in [2.24, 2.45) is 13.0 Å². The van der Waals surface area contributed by atoms with E-state index in [1.165, 1.54) is 11.8 Å². The van der Waals surface area contributed by atoms with Gasteiger partial charge in [-0.25, -0.2) is 4.79 Å². The normalized spacial score (nSPS) is 19.0. The third kappa shape index (κ3) is 3.37. The van der Waals surface area contributed by atoms with Gasteiger partial charge in [0.1, 0.15) is 0 Å². The van der Waals surface area contributed by atoms with E-state index in [-0.39, 0.29) is 30.0 Å². The number of likely N-dealkylation sites (tertiary alicyclic amines) is 1. The third-order valence-electron chi connectivity index (χ3n) is 5.19. The Bertz CT molecular complexity index is 932. The molecule has 1 saturated heterocycles. The average molecular weight is 384 g/mol. The third-order valence-corrected chi connectivity index (χ3v) is 5.19. The van der Waals surface area contributed by atoms with Crippen LogP contribution in [-0.2, 0) is 21.4 Å². The van der Waals surface area contributed by atoms with E-state index in [2.05, 4.69) is 10.4 Å². The largest absolute Gasteiger partial charge is 0.464 e. The van der Waals surface area contributed by atoms with E-state index >= 15 is 0 Å². The minimum Gasteiger partial charge on any atom is -0.464 e. The van der Waals surface area contributed by atoms with E-state index in [4.69, 9.17) is 4.74 Å². The summed E-state index contributed by atoms with van der Waals surface area (Å²) in [4.78, 5) is 39.1. The Morgan fingerprint density at radius 2 is 1.82 bits per heavy atom. The highest BCUT2D eigenvalue weighted by atomic mass is 16.5. The summed E-state index contributed by atoms with van der Waals surface area (Å²) in [6.07, 6.45) is 0.105. The van der Waals surface area contributed by atoms with Crippen LogP contribution < -0.4 is 5.32 Å². The maximum absolute atomic E-state index is 13.1. The molecule has 1 aliphatic rings. The van der Waals surface area contributed by atoms with Crippen LogP contribution in [0.15, 0.2) is 24.3 Å². The maximum atomic E-state index is 13.1. The molecule has 0 bridgehead atoms. The summed E-state index contributed by atoms with van der Waals surface area (Å²) in [5.41, 5.74) is 2.98. The molecule has 3 rings (SSSR count).